The van der Waals surface area contributed by atoms with Crippen LogP contribution in [0.1, 0.15) is 87.0 Å². The number of tetrazole rings is 1. The first kappa shape index (κ1) is 27.1. The molecule has 8 heteroatoms. The minimum Gasteiger partial charge on any atom is -0.494 e. The molecule has 2 heterocycles. The fourth-order valence-electron chi connectivity index (χ4n) is 5.92. The zero-order valence-electron chi connectivity index (χ0n) is 23.4. The summed E-state index contributed by atoms with van der Waals surface area (Å²) in [6.45, 7) is 8.17. The van der Waals surface area contributed by atoms with Crippen LogP contribution >= 0.6 is 0 Å². The highest BCUT2D eigenvalue weighted by Gasteiger charge is 2.29. The van der Waals surface area contributed by atoms with E-state index in [0.29, 0.717) is 19.2 Å². The molecule has 39 heavy (non-hydrogen) atoms. The van der Waals surface area contributed by atoms with Gasteiger partial charge < -0.3 is 9.72 Å². The number of pyridine rings is 1. The summed E-state index contributed by atoms with van der Waals surface area (Å²) < 4.78 is 7.79. The van der Waals surface area contributed by atoms with Crippen molar-refractivity contribution < 1.29 is 4.74 Å². The number of fused-ring (bicyclic) bond motifs is 1. The summed E-state index contributed by atoms with van der Waals surface area (Å²) >= 11 is 0. The number of nitrogens with zero attached hydrogens (tertiary/aromatic N) is 5. The van der Waals surface area contributed by atoms with Gasteiger partial charge in [-0.05, 0) is 79.8 Å². The lowest BCUT2D eigenvalue weighted by Crippen LogP contribution is -2.35. The summed E-state index contributed by atoms with van der Waals surface area (Å²) in [4.78, 5) is 18.7. The largest absolute Gasteiger partial charge is 0.494 e. The number of aromatic amines is 1. The number of aromatic nitrogens is 5. The van der Waals surface area contributed by atoms with Crippen molar-refractivity contribution in [1.29, 1.82) is 0 Å². The molecule has 0 spiro atoms. The van der Waals surface area contributed by atoms with Crippen LogP contribution in [-0.2, 0) is 13.0 Å². The zero-order valence-corrected chi connectivity index (χ0v) is 23.4. The number of ether oxygens (including phenoxy) is 1. The molecule has 206 valence electrons. The molecule has 1 aliphatic rings. The molecule has 1 saturated carbocycles. The lowest BCUT2D eigenvalue weighted by molar-refractivity contribution is 0.165. The van der Waals surface area contributed by atoms with Crippen LogP contribution in [0.15, 0.2) is 53.3 Å². The first-order valence-electron chi connectivity index (χ1n) is 14.4. The van der Waals surface area contributed by atoms with Crippen molar-refractivity contribution >= 4 is 10.9 Å². The van der Waals surface area contributed by atoms with Crippen molar-refractivity contribution in [3.8, 4) is 5.75 Å². The Morgan fingerprint density at radius 1 is 1.10 bits per heavy atom. The minimum atomic E-state index is -0.0612. The van der Waals surface area contributed by atoms with Crippen LogP contribution in [0, 0.1) is 6.92 Å². The molecule has 0 aliphatic heterocycles. The van der Waals surface area contributed by atoms with Gasteiger partial charge in [-0.3, -0.25) is 9.69 Å². The maximum atomic E-state index is 13.3. The molecule has 4 aromatic rings. The van der Waals surface area contributed by atoms with Gasteiger partial charge in [0.05, 0.1) is 18.7 Å². The molecule has 0 amide bonds. The molecule has 1 unspecified atom stereocenters. The summed E-state index contributed by atoms with van der Waals surface area (Å²) in [5.41, 5.74) is 4.02. The Hall–Kier alpha value is -3.52. The zero-order chi connectivity index (χ0) is 27.2. The van der Waals surface area contributed by atoms with E-state index in [9.17, 15) is 4.79 Å². The Kier molecular flexibility index (Phi) is 8.71. The number of nitrogens with one attached hydrogen (secondary N) is 1. The van der Waals surface area contributed by atoms with E-state index in [-0.39, 0.29) is 11.6 Å². The summed E-state index contributed by atoms with van der Waals surface area (Å²) in [5.74, 6) is 1.71. The van der Waals surface area contributed by atoms with Crippen LogP contribution in [0.3, 0.4) is 0 Å². The average molecular weight is 529 g/mol. The second kappa shape index (κ2) is 12.6. The smallest absolute Gasteiger partial charge is 0.252 e. The van der Waals surface area contributed by atoms with Gasteiger partial charge in [-0.1, -0.05) is 56.0 Å². The number of aryl methyl sites for hydroxylation is 1. The van der Waals surface area contributed by atoms with Gasteiger partial charge in [-0.15, -0.1) is 5.10 Å². The number of hydrogen-bond acceptors (Lipinski definition) is 6. The van der Waals surface area contributed by atoms with Crippen LogP contribution < -0.4 is 10.3 Å². The Morgan fingerprint density at radius 3 is 2.72 bits per heavy atom. The fraction of sp³-hybridized carbons (Fsp3) is 0.484. The van der Waals surface area contributed by atoms with E-state index >= 15 is 0 Å². The van der Waals surface area contributed by atoms with Gasteiger partial charge in [0.2, 0.25) is 0 Å². The number of benzene rings is 2. The van der Waals surface area contributed by atoms with Gasteiger partial charge in [-0.25, -0.2) is 4.68 Å². The van der Waals surface area contributed by atoms with Gasteiger partial charge in [0.15, 0.2) is 5.82 Å². The third-order valence-corrected chi connectivity index (χ3v) is 7.91. The molecule has 0 saturated heterocycles. The summed E-state index contributed by atoms with van der Waals surface area (Å²) in [5, 5.41) is 14.1. The van der Waals surface area contributed by atoms with Crippen LogP contribution in [0.5, 0.6) is 5.75 Å². The molecular weight excluding hydrogens is 488 g/mol. The average Bonchev–Trinajstić information content (AvgIpc) is 3.43. The van der Waals surface area contributed by atoms with E-state index in [1.54, 1.807) is 0 Å². The molecule has 0 bridgehead atoms. The third-order valence-electron chi connectivity index (χ3n) is 7.91. The van der Waals surface area contributed by atoms with Crippen molar-refractivity contribution in [2.45, 2.75) is 84.3 Å². The predicted molar refractivity (Wildman–Crippen MR) is 154 cm³/mol. The molecule has 8 nitrogen and oxygen atoms in total. The van der Waals surface area contributed by atoms with E-state index in [1.165, 1.54) is 30.4 Å². The number of rotatable bonds is 11. The maximum Gasteiger partial charge on any atom is 0.252 e. The van der Waals surface area contributed by atoms with E-state index < -0.39 is 0 Å². The monoisotopic (exact) mass is 528 g/mol. The van der Waals surface area contributed by atoms with Crippen molar-refractivity contribution in [2.24, 2.45) is 0 Å². The second-order valence-electron chi connectivity index (χ2n) is 10.7. The summed E-state index contributed by atoms with van der Waals surface area (Å²) in [6, 6.07) is 16.8. The fourth-order valence-corrected chi connectivity index (χ4v) is 5.92. The standard InChI is InChI=1S/C31H40N6O2/c1-4-29(30-33-34-35-37(30)26-12-7-6-8-13-26)36(17-16-23-11-9-10-22(3)18-23)21-25-19-24-20-27(39-5-2)14-15-28(24)32-31(25)38/h9-11,14-15,18-20,26,29H,4-8,12-13,16-17,21H2,1-3H3,(H,32,38). The quantitative estimate of drug-likeness (QED) is 0.260. The van der Waals surface area contributed by atoms with Gasteiger partial charge in [0, 0.05) is 29.6 Å². The minimum absolute atomic E-state index is 0.00316. The molecule has 1 N–H and O–H groups in total. The molecule has 2 aromatic carbocycles. The Labute approximate surface area is 230 Å². The molecule has 1 fully saturated rings. The number of H-pyrrole nitrogens is 1. The van der Waals surface area contributed by atoms with Crippen molar-refractivity contribution in [2.75, 3.05) is 13.2 Å². The van der Waals surface area contributed by atoms with Crippen LogP contribution in [0.4, 0.5) is 0 Å². The van der Waals surface area contributed by atoms with Gasteiger partial charge in [0.25, 0.3) is 5.56 Å². The second-order valence-corrected chi connectivity index (χ2v) is 10.7. The van der Waals surface area contributed by atoms with E-state index in [1.807, 2.05) is 31.2 Å². The van der Waals surface area contributed by atoms with Crippen LogP contribution in [0.25, 0.3) is 10.9 Å². The highest BCUT2D eigenvalue weighted by atomic mass is 16.5. The third kappa shape index (κ3) is 6.38. The number of hydrogen-bond donors (Lipinski definition) is 1. The van der Waals surface area contributed by atoms with Crippen molar-refractivity contribution in [3.05, 3.63) is 81.4 Å². The maximum absolute atomic E-state index is 13.3. The van der Waals surface area contributed by atoms with Gasteiger partial charge in [-0.2, -0.15) is 0 Å². The molecule has 1 atom stereocenters. The Bertz CT molecular complexity index is 1440. The first-order valence-corrected chi connectivity index (χ1v) is 14.4. The molecular formula is C31H40N6O2. The Balaban J connectivity index is 1.49. The van der Waals surface area contributed by atoms with E-state index in [0.717, 1.165) is 60.3 Å². The lowest BCUT2D eigenvalue weighted by Gasteiger charge is -2.32. The van der Waals surface area contributed by atoms with E-state index in [2.05, 4.69) is 68.2 Å². The van der Waals surface area contributed by atoms with Gasteiger partial charge >= 0.3 is 0 Å². The molecule has 5 rings (SSSR count). The normalized spacial score (nSPS) is 15.2. The van der Waals surface area contributed by atoms with Crippen LogP contribution in [-0.4, -0.2) is 43.2 Å². The summed E-state index contributed by atoms with van der Waals surface area (Å²) in [7, 11) is 0. The SMILES string of the molecule is CCOc1ccc2[nH]c(=O)c(CN(CCc3cccc(C)c3)C(CC)c3nnnn3C3CCCCC3)cc2c1. The summed E-state index contributed by atoms with van der Waals surface area (Å²) in [6.07, 6.45) is 7.67. The Morgan fingerprint density at radius 2 is 1.95 bits per heavy atom. The highest BCUT2D eigenvalue weighted by Crippen LogP contribution is 2.32. The highest BCUT2D eigenvalue weighted by molar-refractivity contribution is 5.80. The van der Waals surface area contributed by atoms with E-state index in [4.69, 9.17) is 4.74 Å². The molecule has 0 radical (unpaired) electrons. The van der Waals surface area contributed by atoms with Crippen molar-refractivity contribution in [3.63, 3.8) is 0 Å². The predicted octanol–water partition coefficient (Wildman–Crippen LogP) is 5.92. The molecule has 1 aliphatic carbocycles. The van der Waals surface area contributed by atoms with Gasteiger partial charge in [0.1, 0.15) is 5.75 Å². The first-order chi connectivity index (χ1) is 19.1. The molecule has 2 aromatic heterocycles. The topological polar surface area (TPSA) is 88.9 Å². The van der Waals surface area contributed by atoms with Crippen molar-refractivity contribution in [1.82, 2.24) is 30.1 Å². The lowest BCUT2D eigenvalue weighted by atomic mass is 9.95. The van der Waals surface area contributed by atoms with Crippen LogP contribution in [0.2, 0.25) is 0 Å².